The fraction of sp³-hybridized carbons (Fsp3) is 0. The van der Waals surface area contributed by atoms with E-state index in [4.69, 9.17) is 9.11 Å². The summed E-state index contributed by atoms with van der Waals surface area (Å²) >= 11 is 0. The van der Waals surface area contributed by atoms with Gasteiger partial charge < -0.3 is 10.2 Å². The van der Waals surface area contributed by atoms with Crippen molar-refractivity contribution in [2.45, 2.75) is 9.79 Å². The Bertz CT molecular complexity index is 875. The zero-order valence-electron chi connectivity index (χ0n) is 10.7. The topological polar surface area (TPSA) is 149 Å². The van der Waals surface area contributed by atoms with E-state index in [1.165, 1.54) is 24.3 Å². The van der Waals surface area contributed by atoms with E-state index in [1.807, 2.05) is 0 Å². The lowest BCUT2D eigenvalue weighted by molar-refractivity contribution is 0.423. The molecular formula is C12H10O8S2. The van der Waals surface area contributed by atoms with Crippen molar-refractivity contribution in [3.63, 3.8) is 0 Å². The Labute approximate surface area is 125 Å². The van der Waals surface area contributed by atoms with Gasteiger partial charge in [-0.2, -0.15) is 16.8 Å². The first kappa shape index (κ1) is 16.2. The van der Waals surface area contributed by atoms with Gasteiger partial charge in [0.1, 0.15) is 15.5 Å². The van der Waals surface area contributed by atoms with Crippen LogP contribution in [0.15, 0.2) is 46.2 Å². The molecule has 0 spiro atoms. The van der Waals surface area contributed by atoms with Gasteiger partial charge in [0.2, 0.25) is 0 Å². The number of hydrogen-bond acceptors (Lipinski definition) is 6. The van der Waals surface area contributed by atoms with Crippen molar-refractivity contribution in [2.24, 2.45) is 0 Å². The Kier molecular flexibility index (Phi) is 3.87. The molecule has 2 aromatic carbocycles. The van der Waals surface area contributed by atoms with Crippen LogP contribution in [0.1, 0.15) is 0 Å². The first-order chi connectivity index (χ1) is 10.00. The molecule has 0 aliphatic carbocycles. The SMILES string of the molecule is O=S(=O)(O)c1cc(-c2ccc(O)cc2)cc(S(=O)(=O)O)c1O. The largest absolute Gasteiger partial charge is 0.508 e. The normalized spacial score (nSPS) is 12.3. The molecule has 0 bridgehead atoms. The summed E-state index contributed by atoms with van der Waals surface area (Å²) in [5.41, 5.74) is 0.269. The standard InChI is InChI=1S/C12H10O8S2/c13-9-3-1-7(2-4-9)8-5-10(21(15,16)17)12(14)11(6-8)22(18,19)20/h1-6,13-14H,(H,15,16,17)(H,18,19,20). The van der Waals surface area contributed by atoms with Crippen LogP contribution in [-0.2, 0) is 20.2 Å². The molecule has 4 N–H and O–H groups in total. The highest BCUT2D eigenvalue weighted by atomic mass is 32.2. The molecule has 2 aromatic rings. The Balaban J connectivity index is 2.85. The Morgan fingerprint density at radius 3 is 1.45 bits per heavy atom. The molecule has 10 heteroatoms. The molecule has 0 fully saturated rings. The quantitative estimate of drug-likeness (QED) is 0.607. The van der Waals surface area contributed by atoms with E-state index in [9.17, 15) is 27.0 Å². The zero-order valence-corrected chi connectivity index (χ0v) is 12.3. The summed E-state index contributed by atoms with van der Waals surface area (Å²) in [4.78, 5) is -2.13. The Morgan fingerprint density at radius 2 is 1.09 bits per heavy atom. The lowest BCUT2D eigenvalue weighted by Crippen LogP contribution is -2.05. The molecule has 0 aliphatic heterocycles. The lowest BCUT2D eigenvalue weighted by atomic mass is 10.1. The van der Waals surface area contributed by atoms with E-state index in [2.05, 4.69) is 0 Å². The minimum absolute atomic E-state index is 0.0157. The Hall–Kier alpha value is -2.14. The van der Waals surface area contributed by atoms with Crippen molar-refractivity contribution in [3.05, 3.63) is 36.4 Å². The maximum absolute atomic E-state index is 11.2. The summed E-state index contributed by atoms with van der Waals surface area (Å²) in [5.74, 6) is -1.36. The molecule has 0 radical (unpaired) electrons. The molecule has 22 heavy (non-hydrogen) atoms. The van der Waals surface area contributed by atoms with Crippen LogP contribution in [0.3, 0.4) is 0 Å². The number of phenols is 2. The third-order valence-corrected chi connectivity index (χ3v) is 4.53. The third kappa shape index (κ3) is 3.20. The van der Waals surface area contributed by atoms with Gasteiger partial charge in [-0.05, 0) is 35.4 Å². The highest BCUT2D eigenvalue weighted by Crippen LogP contribution is 2.35. The van der Waals surface area contributed by atoms with Crippen molar-refractivity contribution in [3.8, 4) is 22.6 Å². The summed E-state index contributed by atoms with van der Waals surface area (Å²) in [6, 6.07) is 6.91. The van der Waals surface area contributed by atoms with Gasteiger partial charge in [-0.25, -0.2) is 0 Å². The smallest absolute Gasteiger partial charge is 0.298 e. The summed E-state index contributed by atoms with van der Waals surface area (Å²) < 4.78 is 63.1. The Morgan fingerprint density at radius 1 is 0.682 bits per heavy atom. The van der Waals surface area contributed by atoms with Gasteiger partial charge in [-0.3, -0.25) is 9.11 Å². The van der Waals surface area contributed by atoms with E-state index >= 15 is 0 Å². The van der Waals surface area contributed by atoms with Crippen molar-refractivity contribution in [1.29, 1.82) is 0 Å². The molecule has 0 aliphatic rings. The minimum atomic E-state index is -4.93. The van der Waals surface area contributed by atoms with Gasteiger partial charge in [0.15, 0.2) is 5.75 Å². The number of benzene rings is 2. The zero-order chi connectivity index (χ0) is 16.7. The van der Waals surface area contributed by atoms with Crippen molar-refractivity contribution < 1.29 is 36.2 Å². The van der Waals surface area contributed by atoms with Crippen molar-refractivity contribution in [2.75, 3.05) is 0 Å². The molecule has 0 heterocycles. The van der Waals surface area contributed by atoms with Gasteiger partial charge in [-0.15, -0.1) is 0 Å². The summed E-state index contributed by atoms with van der Waals surface area (Å²) in [6.45, 7) is 0. The lowest BCUT2D eigenvalue weighted by Gasteiger charge is -2.10. The van der Waals surface area contributed by atoms with Gasteiger partial charge in [-0.1, -0.05) is 12.1 Å². The van der Waals surface area contributed by atoms with E-state index in [1.54, 1.807) is 0 Å². The number of rotatable bonds is 3. The average molecular weight is 346 g/mol. The summed E-state index contributed by atoms with van der Waals surface area (Å²) in [7, 11) is -9.86. The maximum atomic E-state index is 11.2. The molecule has 2 rings (SSSR count). The van der Waals surface area contributed by atoms with Gasteiger partial charge in [0, 0.05) is 0 Å². The van der Waals surface area contributed by atoms with E-state index in [-0.39, 0.29) is 16.9 Å². The van der Waals surface area contributed by atoms with Gasteiger partial charge in [0.25, 0.3) is 20.2 Å². The number of hydrogen-bond donors (Lipinski definition) is 4. The molecule has 0 aromatic heterocycles. The van der Waals surface area contributed by atoms with Gasteiger partial charge in [0.05, 0.1) is 0 Å². The number of aromatic hydroxyl groups is 2. The van der Waals surface area contributed by atoms with Crippen LogP contribution in [0.2, 0.25) is 0 Å². The molecular weight excluding hydrogens is 336 g/mol. The van der Waals surface area contributed by atoms with Crippen LogP contribution in [0, 0.1) is 0 Å². The first-order valence-corrected chi connectivity index (χ1v) is 8.49. The molecule has 0 unspecified atom stereocenters. The number of phenolic OH excluding ortho intramolecular Hbond substituents is 2. The summed E-state index contributed by atoms with van der Waals surface area (Å²) in [5, 5.41) is 18.9. The second-order valence-electron chi connectivity index (χ2n) is 4.32. The monoisotopic (exact) mass is 346 g/mol. The maximum Gasteiger partial charge on any atom is 0.298 e. The van der Waals surface area contributed by atoms with Crippen LogP contribution in [0.25, 0.3) is 11.1 Å². The molecule has 0 saturated carbocycles. The van der Waals surface area contributed by atoms with Crippen LogP contribution >= 0.6 is 0 Å². The summed E-state index contributed by atoms with van der Waals surface area (Å²) in [6.07, 6.45) is 0. The second kappa shape index (κ2) is 5.25. The fourth-order valence-corrected chi connectivity index (χ4v) is 3.12. The molecule has 0 saturated heterocycles. The van der Waals surface area contributed by atoms with Crippen LogP contribution in [0.4, 0.5) is 0 Å². The van der Waals surface area contributed by atoms with Gasteiger partial charge >= 0.3 is 0 Å². The third-order valence-electron chi connectivity index (χ3n) is 2.80. The van der Waals surface area contributed by atoms with Crippen molar-refractivity contribution >= 4 is 20.2 Å². The molecule has 0 atom stereocenters. The predicted octanol–water partition coefficient (Wildman–Crippen LogP) is 1.26. The van der Waals surface area contributed by atoms with Crippen LogP contribution in [0.5, 0.6) is 11.5 Å². The highest BCUT2D eigenvalue weighted by molar-refractivity contribution is 7.86. The fourth-order valence-electron chi connectivity index (χ4n) is 1.80. The highest BCUT2D eigenvalue weighted by Gasteiger charge is 2.26. The van der Waals surface area contributed by atoms with E-state index < -0.39 is 35.8 Å². The van der Waals surface area contributed by atoms with Crippen molar-refractivity contribution in [1.82, 2.24) is 0 Å². The molecule has 8 nitrogen and oxygen atoms in total. The molecule has 0 amide bonds. The minimum Gasteiger partial charge on any atom is -0.508 e. The second-order valence-corrected chi connectivity index (χ2v) is 7.10. The van der Waals surface area contributed by atoms with E-state index in [0.717, 1.165) is 12.1 Å². The average Bonchev–Trinajstić information content (AvgIpc) is 2.37. The van der Waals surface area contributed by atoms with E-state index in [0.29, 0.717) is 0 Å². The predicted molar refractivity (Wildman–Crippen MR) is 74.8 cm³/mol. The van der Waals surface area contributed by atoms with Crippen LogP contribution < -0.4 is 0 Å². The molecule has 118 valence electrons. The van der Waals surface area contributed by atoms with Crippen LogP contribution in [-0.4, -0.2) is 36.2 Å². The first-order valence-electron chi connectivity index (χ1n) is 5.61.